The number of hydrogen-bond donors (Lipinski definition) is 1. The summed E-state index contributed by atoms with van der Waals surface area (Å²) in [5.41, 5.74) is 2.28. The Morgan fingerprint density at radius 1 is 1.12 bits per heavy atom. The van der Waals surface area contributed by atoms with Gasteiger partial charge in [-0.1, -0.05) is 31.6 Å². The lowest BCUT2D eigenvalue weighted by molar-refractivity contribution is -0.145. The van der Waals surface area contributed by atoms with Gasteiger partial charge in [-0.15, -0.1) is 0 Å². The van der Waals surface area contributed by atoms with Crippen molar-refractivity contribution in [1.29, 1.82) is 0 Å². The van der Waals surface area contributed by atoms with Crippen LogP contribution in [-0.2, 0) is 16.1 Å². The van der Waals surface area contributed by atoms with E-state index in [0.717, 1.165) is 63.5 Å². The smallest absolute Gasteiger partial charge is 0.311 e. The second-order valence-corrected chi connectivity index (χ2v) is 11.1. The van der Waals surface area contributed by atoms with Crippen LogP contribution in [0.2, 0.25) is 0 Å². The highest BCUT2D eigenvalue weighted by Crippen LogP contribution is 2.56. The number of ether oxygens (including phenoxy) is 3. The zero-order valence-electron chi connectivity index (χ0n) is 20.2. The Balaban J connectivity index is 1.09. The van der Waals surface area contributed by atoms with Gasteiger partial charge < -0.3 is 19.3 Å². The summed E-state index contributed by atoms with van der Waals surface area (Å²) in [5, 5.41) is 11.6. The molecule has 6 rings (SSSR count). The van der Waals surface area contributed by atoms with Gasteiger partial charge in [0.25, 0.3) is 0 Å². The summed E-state index contributed by atoms with van der Waals surface area (Å²) < 4.78 is 16.8. The molecule has 3 aliphatic heterocycles. The topological polar surface area (TPSA) is 71.5 Å². The highest BCUT2D eigenvalue weighted by Gasteiger charge is 2.59. The van der Waals surface area contributed by atoms with Crippen molar-refractivity contribution in [3.8, 4) is 11.5 Å². The molecule has 6 atom stereocenters. The highest BCUT2D eigenvalue weighted by atomic mass is 16.7. The van der Waals surface area contributed by atoms with Gasteiger partial charge in [-0.25, -0.2) is 0 Å². The van der Waals surface area contributed by atoms with E-state index in [0.29, 0.717) is 19.3 Å². The summed E-state index contributed by atoms with van der Waals surface area (Å²) in [4.78, 5) is 17.8. The average molecular weight is 469 g/mol. The van der Waals surface area contributed by atoms with Crippen LogP contribution in [0.15, 0.2) is 29.8 Å². The molecule has 0 bridgehead atoms. The minimum atomic E-state index is -0.531. The largest absolute Gasteiger partial charge is 0.461 e. The van der Waals surface area contributed by atoms with Crippen LogP contribution in [0.1, 0.15) is 38.7 Å². The number of hydrogen-bond acceptors (Lipinski definition) is 7. The molecule has 1 unspecified atom stereocenters. The fraction of sp³-hybridized carbons (Fsp3) is 0.667. The molecule has 1 saturated carbocycles. The third-order valence-corrected chi connectivity index (χ3v) is 9.33. The van der Waals surface area contributed by atoms with Gasteiger partial charge >= 0.3 is 5.97 Å². The van der Waals surface area contributed by atoms with Crippen molar-refractivity contribution < 1.29 is 24.1 Å². The number of rotatable bonds is 4. The normalized spacial score (nSPS) is 37.7. The monoisotopic (exact) mass is 468 g/mol. The van der Waals surface area contributed by atoms with E-state index in [9.17, 15) is 9.90 Å². The number of benzene rings is 1. The van der Waals surface area contributed by atoms with Gasteiger partial charge in [-0.2, -0.15) is 0 Å². The van der Waals surface area contributed by atoms with Gasteiger partial charge in [0, 0.05) is 57.0 Å². The van der Waals surface area contributed by atoms with E-state index in [1.165, 1.54) is 11.1 Å². The van der Waals surface area contributed by atoms with Crippen molar-refractivity contribution >= 4 is 5.97 Å². The fourth-order valence-electron chi connectivity index (χ4n) is 6.98. The van der Waals surface area contributed by atoms with Crippen molar-refractivity contribution in [3.63, 3.8) is 0 Å². The van der Waals surface area contributed by atoms with E-state index in [-0.39, 0.29) is 29.3 Å². The van der Waals surface area contributed by atoms with Crippen LogP contribution >= 0.6 is 0 Å². The maximum Gasteiger partial charge on any atom is 0.311 e. The first-order valence-corrected chi connectivity index (χ1v) is 12.8. The highest BCUT2D eigenvalue weighted by molar-refractivity contribution is 5.76. The Labute approximate surface area is 201 Å². The number of aliphatic hydroxyl groups excluding tert-OH is 1. The van der Waals surface area contributed by atoms with E-state index in [1.54, 1.807) is 0 Å². The van der Waals surface area contributed by atoms with Crippen LogP contribution in [0.25, 0.3) is 0 Å². The lowest BCUT2D eigenvalue weighted by Crippen LogP contribution is -2.55. The van der Waals surface area contributed by atoms with Crippen molar-refractivity contribution in [2.45, 2.75) is 51.9 Å². The van der Waals surface area contributed by atoms with E-state index in [4.69, 9.17) is 14.2 Å². The predicted molar refractivity (Wildman–Crippen MR) is 126 cm³/mol. The Morgan fingerprint density at radius 2 is 1.88 bits per heavy atom. The van der Waals surface area contributed by atoms with Gasteiger partial charge in [0.15, 0.2) is 11.5 Å². The number of aliphatic hydroxyl groups is 1. The molecule has 1 aromatic rings. The number of esters is 1. The molecular weight excluding hydrogens is 432 g/mol. The van der Waals surface area contributed by atoms with Crippen LogP contribution in [0.4, 0.5) is 0 Å². The van der Waals surface area contributed by atoms with Gasteiger partial charge in [-0.3, -0.25) is 14.6 Å². The summed E-state index contributed by atoms with van der Waals surface area (Å²) in [5.74, 6) is 1.59. The van der Waals surface area contributed by atoms with Crippen LogP contribution in [0.5, 0.6) is 11.5 Å². The average Bonchev–Trinajstić information content (AvgIpc) is 3.41. The van der Waals surface area contributed by atoms with Crippen LogP contribution < -0.4 is 9.47 Å². The van der Waals surface area contributed by atoms with Gasteiger partial charge in [-0.05, 0) is 36.5 Å². The molecule has 3 fully saturated rings. The van der Waals surface area contributed by atoms with Crippen LogP contribution in [0, 0.1) is 23.2 Å². The standard InChI is InChI=1S/C27H36N2O5/c1-17-4-3-5-19-13-23-24(25(30)27(17,19)2)20(26(31)34-23)15-29-10-8-28(9-11-29)14-18-6-7-21-22(12-18)33-16-32-21/h5-7,12,17,20,23-25,30H,3-4,8-11,13-16H2,1-2H3/t17-,20?,23+,24+,25-,27+/m0/s1. The van der Waals surface area contributed by atoms with Gasteiger partial charge in [0.05, 0.1) is 12.0 Å². The lowest BCUT2D eigenvalue weighted by atomic mass is 9.55. The number of allylic oxidation sites excluding steroid dienone is 1. The van der Waals surface area contributed by atoms with Crippen LogP contribution in [-0.4, -0.2) is 72.6 Å². The minimum absolute atomic E-state index is 0.109. The second kappa shape index (κ2) is 8.54. The summed E-state index contributed by atoms with van der Waals surface area (Å²) in [6, 6.07) is 6.16. The number of carbonyl (C=O) groups excluding carboxylic acids is 1. The van der Waals surface area contributed by atoms with E-state index in [1.807, 2.05) is 6.07 Å². The second-order valence-electron chi connectivity index (χ2n) is 11.1. The first-order valence-electron chi connectivity index (χ1n) is 12.8. The molecular formula is C27H36N2O5. The maximum atomic E-state index is 12.9. The molecule has 7 nitrogen and oxygen atoms in total. The first-order chi connectivity index (χ1) is 16.4. The molecule has 0 spiro atoms. The molecule has 5 aliphatic rings. The minimum Gasteiger partial charge on any atom is -0.461 e. The molecule has 0 aromatic heterocycles. The zero-order valence-corrected chi connectivity index (χ0v) is 20.2. The van der Waals surface area contributed by atoms with Crippen molar-refractivity contribution in [2.75, 3.05) is 39.5 Å². The van der Waals surface area contributed by atoms with Crippen LogP contribution in [0.3, 0.4) is 0 Å². The summed E-state index contributed by atoms with van der Waals surface area (Å²) in [6.45, 7) is 10.1. The van der Waals surface area contributed by atoms with E-state index in [2.05, 4.69) is 41.9 Å². The molecule has 1 N–H and O–H groups in total. The predicted octanol–water partition coefficient (Wildman–Crippen LogP) is 2.82. The van der Waals surface area contributed by atoms with Gasteiger partial charge in [0.2, 0.25) is 6.79 Å². The zero-order chi connectivity index (χ0) is 23.4. The Hall–Kier alpha value is -2.09. The Kier molecular flexibility index (Phi) is 5.62. The number of nitrogens with zero attached hydrogens (tertiary/aromatic N) is 2. The summed E-state index contributed by atoms with van der Waals surface area (Å²) >= 11 is 0. The van der Waals surface area contributed by atoms with Crippen molar-refractivity contribution in [3.05, 3.63) is 35.4 Å². The number of fused-ring (bicyclic) bond motifs is 3. The molecule has 0 amide bonds. The Morgan fingerprint density at radius 3 is 2.71 bits per heavy atom. The van der Waals surface area contributed by atoms with Crippen molar-refractivity contribution in [1.82, 2.24) is 9.80 Å². The molecule has 7 heteroatoms. The molecule has 3 heterocycles. The molecule has 34 heavy (non-hydrogen) atoms. The van der Waals surface area contributed by atoms with Gasteiger partial charge in [0.1, 0.15) is 6.10 Å². The van der Waals surface area contributed by atoms with E-state index >= 15 is 0 Å². The van der Waals surface area contributed by atoms with Crippen molar-refractivity contribution in [2.24, 2.45) is 23.2 Å². The van der Waals surface area contributed by atoms with E-state index < -0.39 is 6.10 Å². The third-order valence-electron chi connectivity index (χ3n) is 9.33. The molecule has 1 aromatic carbocycles. The quantitative estimate of drug-likeness (QED) is 0.538. The summed E-state index contributed by atoms with van der Waals surface area (Å²) in [6.07, 6.45) is 4.53. The summed E-state index contributed by atoms with van der Waals surface area (Å²) in [7, 11) is 0. The molecule has 2 aliphatic carbocycles. The third kappa shape index (κ3) is 3.64. The number of piperazine rings is 1. The number of carbonyl (C=O) groups is 1. The Bertz CT molecular complexity index is 987. The maximum absolute atomic E-state index is 12.9. The molecule has 2 saturated heterocycles. The molecule has 0 radical (unpaired) electrons. The SMILES string of the molecule is C[C@H]1CCC=C2C[C@H]3OC(=O)C(CN4CCN(Cc5ccc6c(c5)OCO6)CC4)[C@H]3[C@H](O)[C@@]21C. The lowest BCUT2D eigenvalue weighted by Gasteiger charge is -2.52. The first kappa shape index (κ1) is 22.4. The molecule has 184 valence electrons. The fourth-order valence-corrected chi connectivity index (χ4v) is 6.98.